The summed E-state index contributed by atoms with van der Waals surface area (Å²) in [4.78, 5) is 27.3. The van der Waals surface area contributed by atoms with Crippen molar-refractivity contribution in [2.45, 2.75) is 76.9 Å². The summed E-state index contributed by atoms with van der Waals surface area (Å²) in [6, 6.07) is 30.6. The third kappa shape index (κ3) is 13.0. The highest BCUT2D eigenvalue weighted by Gasteiger charge is 2.41. The molecule has 0 spiro atoms. The summed E-state index contributed by atoms with van der Waals surface area (Å²) in [5.41, 5.74) is -0.939. The van der Waals surface area contributed by atoms with Gasteiger partial charge >= 0.3 is 17.7 Å². The van der Waals surface area contributed by atoms with Gasteiger partial charge in [0.15, 0.2) is 23.2 Å². The highest BCUT2D eigenvalue weighted by atomic mass is 32.3. The topological polar surface area (TPSA) is 178 Å². The van der Waals surface area contributed by atoms with Gasteiger partial charge in [0, 0.05) is 46.4 Å². The maximum atomic E-state index is 13.6. The number of carbonyl (C=O) groups excluding carboxylic acids is 2. The van der Waals surface area contributed by atoms with E-state index in [9.17, 15) is 39.6 Å². The zero-order chi connectivity index (χ0) is 53.7. The van der Waals surface area contributed by atoms with Crippen molar-refractivity contribution in [3.05, 3.63) is 154 Å². The number of sulfonamides is 2. The number of nitrogens with zero attached hydrogens (tertiary/aromatic N) is 3. The number of carbonyl (C=O) groups is 2. The average molecular weight is 1040 g/mol. The molecule has 0 saturated heterocycles. The molecule has 0 bridgehead atoms. The van der Waals surface area contributed by atoms with Crippen molar-refractivity contribution >= 4 is 60.0 Å². The van der Waals surface area contributed by atoms with Crippen LogP contribution in [0.4, 0.5) is 28.4 Å². The van der Waals surface area contributed by atoms with Crippen LogP contribution in [-0.4, -0.2) is 73.9 Å². The van der Waals surface area contributed by atoms with Gasteiger partial charge in [-0.25, -0.2) is 31.0 Å². The van der Waals surface area contributed by atoms with E-state index >= 15 is 0 Å². The first-order valence-corrected chi connectivity index (χ1v) is 26.2. The lowest BCUT2D eigenvalue weighted by Crippen LogP contribution is -2.42. The van der Waals surface area contributed by atoms with E-state index < -0.39 is 53.7 Å². The lowest BCUT2D eigenvalue weighted by atomic mass is 9.92. The molecule has 4 aromatic rings. The minimum Gasteiger partial charge on any atom is -0.456 e. The van der Waals surface area contributed by atoms with Crippen LogP contribution >= 0.6 is 0 Å². The zero-order valence-corrected chi connectivity index (χ0v) is 43.6. The van der Waals surface area contributed by atoms with Gasteiger partial charge in [-0.1, -0.05) is 78.9 Å². The SMILES string of the molecule is C=C(C)c1cccc(C(C)(C)NC(=O)OCCN(CC)c2ccc3c(-c4ccccc4S(=O)(=O)[N-]S(=O)(=O)C(F)(F)F)c4ccc(=[N+](CC)CCOC(=O)NC(C)(C)c5cccc(C(=C)C)c5)cc-4oc3c2)c1. The van der Waals surface area contributed by atoms with Gasteiger partial charge in [0.1, 0.15) is 34.5 Å². The van der Waals surface area contributed by atoms with E-state index in [2.05, 4.69) is 27.9 Å². The number of ether oxygens (including phenoxy) is 2. The number of likely N-dealkylation sites (N-methyl/N-ethyl adjacent to an activating group) is 2. The Bertz CT molecular complexity index is 3350. The standard InChI is InChI=1S/C54H60F3N5O9S2/c1-11-61(27-29-69-50(63)58-52(7,8)39-19-15-17-37(31-39)35(3)4)41-23-25-43-46(33-41)71-47-34-42(62(12-2)28-30-70-51(64)59-53(9,10)40-20-16-18-38(32-40)36(5)6)24-26-44(47)49(43)45-21-13-14-22-48(45)72(65,66)60-73(67,68)54(55,56)57/h13-26,31-34H,3,5,11-12,27-30H2,1-2,4,6-10H3,(H,58,63)(H,59,64). The molecule has 1 aliphatic heterocycles. The number of allylic oxidation sites excluding steroid dienone is 2. The van der Waals surface area contributed by atoms with Crippen LogP contribution in [0.2, 0.25) is 0 Å². The number of alkyl halides is 3. The number of alkyl carbamates (subject to hydrolysis) is 2. The molecule has 19 heteroatoms. The maximum Gasteiger partial charge on any atom is 0.480 e. The first-order chi connectivity index (χ1) is 34.2. The lowest BCUT2D eigenvalue weighted by Gasteiger charge is -2.28. The van der Waals surface area contributed by atoms with E-state index in [1.54, 1.807) is 36.4 Å². The Hall–Kier alpha value is -6.96. The van der Waals surface area contributed by atoms with Gasteiger partial charge in [0.05, 0.1) is 28.6 Å². The Morgan fingerprint density at radius 1 is 0.726 bits per heavy atom. The number of fused-ring (bicyclic) bond motifs is 2. The van der Waals surface area contributed by atoms with Gasteiger partial charge in [-0.2, -0.15) is 13.2 Å². The number of nitrogens with one attached hydrogen (secondary N) is 2. The number of benzene rings is 5. The van der Waals surface area contributed by atoms with Gasteiger partial charge < -0.3 is 33.6 Å². The molecule has 0 radical (unpaired) electrons. The molecule has 0 unspecified atom stereocenters. The fourth-order valence-corrected chi connectivity index (χ4v) is 10.6. The van der Waals surface area contributed by atoms with E-state index in [1.807, 2.05) is 113 Å². The smallest absolute Gasteiger partial charge is 0.456 e. The van der Waals surface area contributed by atoms with Crippen molar-refractivity contribution in [1.82, 2.24) is 15.2 Å². The first kappa shape index (κ1) is 55.4. The number of halogens is 3. The second-order valence-corrected chi connectivity index (χ2v) is 21.9. The monoisotopic (exact) mass is 1040 g/mol. The van der Waals surface area contributed by atoms with Crippen molar-refractivity contribution in [1.29, 1.82) is 0 Å². The summed E-state index contributed by atoms with van der Waals surface area (Å²) >= 11 is 0. The summed E-state index contributed by atoms with van der Waals surface area (Å²) in [6.45, 7) is 24.4. The van der Waals surface area contributed by atoms with Gasteiger partial charge in [-0.3, -0.25) is 0 Å². The van der Waals surface area contributed by atoms with E-state index in [0.29, 0.717) is 35.1 Å². The van der Waals surface area contributed by atoms with Crippen LogP contribution in [0.15, 0.2) is 132 Å². The van der Waals surface area contributed by atoms with Crippen LogP contribution in [0.25, 0.3) is 48.7 Å². The van der Waals surface area contributed by atoms with E-state index in [0.717, 1.165) is 39.5 Å². The molecule has 0 saturated carbocycles. The average Bonchev–Trinajstić information content (AvgIpc) is 3.32. The number of hydrogen-bond acceptors (Lipinski definition) is 10. The second kappa shape index (κ2) is 22.0. The van der Waals surface area contributed by atoms with E-state index in [1.165, 1.54) is 18.2 Å². The van der Waals surface area contributed by atoms with Crippen LogP contribution in [0.1, 0.15) is 77.6 Å². The van der Waals surface area contributed by atoms with Crippen LogP contribution in [0.3, 0.4) is 0 Å². The number of anilines is 1. The summed E-state index contributed by atoms with van der Waals surface area (Å²) in [5.74, 6) is 0.222. The summed E-state index contributed by atoms with van der Waals surface area (Å²) in [6.07, 6.45) is -1.27. The fraction of sp³-hybridized carbons (Fsp3) is 0.315. The lowest BCUT2D eigenvalue weighted by molar-refractivity contribution is -0.0425. The predicted molar refractivity (Wildman–Crippen MR) is 280 cm³/mol. The largest absolute Gasteiger partial charge is 0.480 e. The molecule has 4 aromatic carbocycles. The molecule has 2 amide bonds. The molecule has 2 N–H and O–H groups in total. The van der Waals surface area contributed by atoms with Gasteiger partial charge in [0.25, 0.3) is 0 Å². The highest BCUT2D eigenvalue weighted by molar-refractivity contribution is 8.12. The van der Waals surface area contributed by atoms with Crippen molar-refractivity contribution in [3.63, 3.8) is 0 Å². The molecule has 14 nitrogen and oxygen atoms in total. The Morgan fingerprint density at radius 2 is 1.30 bits per heavy atom. The molecular formula is C54H60F3N5O9S2. The van der Waals surface area contributed by atoms with Crippen molar-refractivity contribution in [2.75, 3.05) is 44.3 Å². The molecule has 0 atom stereocenters. The normalized spacial score (nSPS) is 12.8. The quantitative estimate of drug-likeness (QED) is 0.0586. The van der Waals surface area contributed by atoms with Crippen LogP contribution < -0.4 is 25.5 Å². The second-order valence-electron chi connectivity index (χ2n) is 18.5. The number of rotatable bonds is 19. The molecule has 73 heavy (non-hydrogen) atoms. The fourth-order valence-electron chi connectivity index (χ4n) is 8.17. The van der Waals surface area contributed by atoms with Crippen molar-refractivity contribution in [2.24, 2.45) is 0 Å². The molecular weight excluding hydrogens is 984 g/mol. The Morgan fingerprint density at radius 3 is 1.85 bits per heavy atom. The molecule has 6 rings (SSSR count). The van der Waals surface area contributed by atoms with E-state index in [-0.39, 0.29) is 48.8 Å². The molecule has 0 aromatic heterocycles. The van der Waals surface area contributed by atoms with Gasteiger partial charge in [-0.05, 0) is 114 Å². The van der Waals surface area contributed by atoms with Crippen LogP contribution in [-0.2, 0) is 40.6 Å². The minimum atomic E-state index is -6.47. The molecule has 2 aliphatic rings. The number of hydrogen-bond donors (Lipinski definition) is 2. The summed E-state index contributed by atoms with van der Waals surface area (Å²) < 4.78 is 114. The molecule has 1 heterocycles. The van der Waals surface area contributed by atoms with Crippen molar-refractivity contribution in [3.8, 4) is 22.5 Å². The third-order valence-electron chi connectivity index (χ3n) is 12.3. The minimum absolute atomic E-state index is 0.0159. The third-order valence-corrected chi connectivity index (χ3v) is 15.3. The zero-order valence-electron chi connectivity index (χ0n) is 42.0. The predicted octanol–water partition coefficient (Wildman–Crippen LogP) is 11.1. The summed E-state index contributed by atoms with van der Waals surface area (Å²) in [7, 11) is -12.0. The Labute approximate surface area is 424 Å². The van der Waals surface area contributed by atoms with Crippen LogP contribution in [0.5, 0.6) is 0 Å². The molecule has 1 aliphatic carbocycles. The Kier molecular flexibility index (Phi) is 16.7. The number of amides is 2. The van der Waals surface area contributed by atoms with E-state index in [4.69, 9.17) is 13.9 Å². The van der Waals surface area contributed by atoms with Gasteiger partial charge in [0.2, 0.25) is 5.36 Å². The Balaban J connectivity index is 1.35. The van der Waals surface area contributed by atoms with Crippen molar-refractivity contribution < 1.29 is 53.5 Å². The summed E-state index contributed by atoms with van der Waals surface area (Å²) in [5, 5.41) is 6.80. The molecule has 388 valence electrons. The van der Waals surface area contributed by atoms with Crippen LogP contribution in [0, 0.1) is 0 Å². The van der Waals surface area contributed by atoms with Gasteiger partial charge in [-0.15, -0.1) is 0 Å². The molecule has 0 fully saturated rings. The maximum absolute atomic E-state index is 13.6. The highest BCUT2D eigenvalue weighted by Crippen LogP contribution is 2.44. The first-order valence-electron chi connectivity index (χ1n) is 23.3.